The van der Waals surface area contributed by atoms with Gasteiger partial charge in [-0.2, -0.15) is 26.3 Å². The van der Waals surface area contributed by atoms with Crippen molar-refractivity contribution >= 4 is 10.9 Å². The Labute approximate surface area is 181 Å². The lowest BCUT2D eigenvalue weighted by molar-refractivity contribution is -0.143. The number of hydrogen-bond donors (Lipinski definition) is 1. The van der Waals surface area contributed by atoms with Gasteiger partial charge in [-0.3, -0.25) is 0 Å². The molecule has 1 aliphatic rings. The summed E-state index contributed by atoms with van der Waals surface area (Å²) in [5, 5.41) is 0.808. The van der Waals surface area contributed by atoms with Crippen LogP contribution < -0.4 is 0 Å². The van der Waals surface area contributed by atoms with Gasteiger partial charge in [0.1, 0.15) is 0 Å². The van der Waals surface area contributed by atoms with Crippen molar-refractivity contribution < 1.29 is 26.3 Å². The zero-order valence-electron chi connectivity index (χ0n) is 17.4. The van der Waals surface area contributed by atoms with Crippen LogP contribution in [0.25, 0.3) is 22.2 Å². The number of likely N-dealkylation sites (N-methyl/N-ethyl adjacent to an activating group) is 1. The van der Waals surface area contributed by atoms with Crippen LogP contribution in [0.15, 0.2) is 42.5 Å². The molecule has 9 heteroatoms. The quantitative estimate of drug-likeness (QED) is 0.513. The van der Waals surface area contributed by atoms with Gasteiger partial charge in [-0.05, 0) is 48.9 Å². The summed E-state index contributed by atoms with van der Waals surface area (Å²) in [6, 6.07) is 8.95. The standard InChI is InChI=1S/C23H23F6N3/c1-31-8-10-32(11-9-31)7-6-19-18-4-2-3-5-20(18)30-21(19)15-12-16(22(24,25)26)14-17(13-15)23(27,28)29/h2-5,12-14,30H,6-11H2,1H3. The third kappa shape index (κ3) is 4.78. The van der Waals surface area contributed by atoms with Crippen LogP contribution in [0.2, 0.25) is 0 Å². The molecule has 1 saturated heterocycles. The number of H-pyrrole nitrogens is 1. The van der Waals surface area contributed by atoms with E-state index < -0.39 is 23.5 Å². The van der Waals surface area contributed by atoms with Crippen molar-refractivity contribution in [2.45, 2.75) is 18.8 Å². The summed E-state index contributed by atoms with van der Waals surface area (Å²) >= 11 is 0. The number of rotatable bonds is 4. The average molecular weight is 455 g/mol. The highest BCUT2D eigenvalue weighted by Crippen LogP contribution is 2.40. The minimum Gasteiger partial charge on any atom is -0.354 e. The highest BCUT2D eigenvalue weighted by molar-refractivity contribution is 5.91. The lowest BCUT2D eigenvalue weighted by Crippen LogP contribution is -2.45. The van der Waals surface area contributed by atoms with E-state index in [4.69, 9.17) is 0 Å². The van der Waals surface area contributed by atoms with E-state index in [1.54, 1.807) is 12.1 Å². The van der Waals surface area contributed by atoms with Crippen LogP contribution in [0.4, 0.5) is 26.3 Å². The van der Waals surface area contributed by atoms with Crippen molar-refractivity contribution in [3.63, 3.8) is 0 Å². The number of aromatic amines is 1. The molecule has 3 nitrogen and oxygen atoms in total. The highest BCUT2D eigenvalue weighted by Gasteiger charge is 2.37. The molecule has 32 heavy (non-hydrogen) atoms. The lowest BCUT2D eigenvalue weighted by atomic mass is 9.98. The van der Waals surface area contributed by atoms with Crippen molar-refractivity contribution in [3.05, 3.63) is 59.2 Å². The second kappa shape index (κ2) is 8.44. The smallest absolute Gasteiger partial charge is 0.354 e. The van der Waals surface area contributed by atoms with Gasteiger partial charge in [-0.15, -0.1) is 0 Å². The van der Waals surface area contributed by atoms with Crippen molar-refractivity contribution in [2.75, 3.05) is 39.8 Å². The molecule has 0 atom stereocenters. The summed E-state index contributed by atoms with van der Waals surface area (Å²) in [5.74, 6) is 0. The Morgan fingerprint density at radius 1 is 0.844 bits per heavy atom. The molecule has 0 unspecified atom stereocenters. The molecule has 0 radical (unpaired) electrons. The lowest BCUT2D eigenvalue weighted by Gasteiger charge is -2.32. The van der Waals surface area contributed by atoms with Gasteiger partial charge >= 0.3 is 12.4 Å². The van der Waals surface area contributed by atoms with E-state index in [-0.39, 0.29) is 11.6 Å². The molecule has 0 aliphatic carbocycles. The molecule has 172 valence electrons. The van der Waals surface area contributed by atoms with Crippen LogP contribution in [0.3, 0.4) is 0 Å². The van der Waals surface area contributed by atoms with Crippen LogP contribution in [-0.4, -0.2) is 54.6 Å². The second-order valence-electron chi connectivity index (χ2n) is 8.21. The summed E-state index contributed by atoms with van der Waals surface area (Å²) in [4.78, 5) is 7.55. The Bertz CT molecular complexity index is 1060. The first-order valence-corrected chi connectivity index (χ1v) is 10.3. The van der Waals surface area contributed by atoms with Gasteiger partial charge in [-0.1, -0.05) is 18.2 Å². The predicted molar refractivity (Wildman–Crippen MR) is 111 cm³/mol. The van der Waals surface area contributed by atoms with Gasteiger partial charge in [0.25, 0.3) is 0 Å². The molecular formula is C23H23F6N3. The Morgan fingerprint density at radius 3 is 2.03 bits per heavy atom. The Kier molecular flexibility index (Phi) is 5.98. The van der Waals surface area contributed by atoms with Crippen molar-refractivity contribution in [1.29, 1.82) is 0 Å². The SMILES string of the molecule is CN1CCN(CCc2c(-c3cc(C(F)(F)F)cc(C(F)(F)F)c3)[nH]c3ccccc23)CC1. The van der Waals surface area contributed by atoms with E-state index in [1.807, 2.05) is 19.2 Å². The normalized spacial score (nSPS) is 16.7. The van der Waals surface area contributed by atoms with Gasteiger partial charge in [-0.25, -0.2) is 0 Å². The molecule has 0 bridgehead atoms. The van der Waals surface area contributed by atoms with Crippen LogP contribution >= 0.6 is 0 Å². The van der Waals surface area contributed by atoms with E-state index in [0.29, 0.717) is 24.2 Å². The summed E-state index contributed by atoms with van der Waals surface area (Å²) in [7, 11) is 2.04. The highest BCUT2D eigenvalue weighted by atomic mass is 19.4. The molecule has 0 saturated carbocycles. The number of halogens is 6. The zero-order chi connectivity index (χ0) is 23.1. The fourth-order valence-electron chi connectivity index (χ4n) is 4.15. The van der Waals surface area contributed by atoms with E-state index >= 15 is 0 Å². The number of para-hydroxylation sites is 1. The van der Waals surface area contributed by atoms with Crippen LogP contribution in [0.5, 0.6) is 0 Å². The van der Waals surface area contributed by atoms with Crippen molar-refractivity contribution in [1.82, 2.24) is 14.8 Å². The number of fused-ring (bicyclic) bond motifs is 1. The summed E-state index contributed by atoms with van der Waals surface area (Å²) in [5.41, 5.74) is -1.03. The maximum absolute atomic E-state index is 13.4. The molecule has 2 heterocycles. The molecule has 0 amide bonds. The first-order valence-electron chi connectivity index (χ1n) is 10.3. The summed E-state index contributed by atoms with van der Waals surface area (Å²) in [6.45, 7) is 4.26. The Balaban J connectivity index is 1.78. The number of benzene rings is 2. The Morgan fingerprint density at radius 2 is 1.44 bits per heavy atom. The van der Waals surface area contributed by atoms with Gasteiger partial charge in [0.2, 0.25) is 0 Å². The first kappa shape index (κ1) is 22.7. The van der Waals surface area contributed by atoms with Gasteiger partial charge in [0.05, 0.1) is 11.1 Å². The summed E-state index contributed by atoms with van der Waals surface area (Å²) < 4.78 is 80.3. The molecule has 1 aliphatic heterocycles. The number of nitrogens with zero attached hydrogens (tertiary/aromatic N) is 2. The Hall–Kier alpha value is -2.52. The number of alkyl halides is 6. The maximum Gasteiger partial charge on any atom is 0.416 e. The van der Waals surface area contributed by atoms with Crippen LogP contribution in [0, 0.1) is 0 Å². The second-order valence-corrected chi connectivity index (χ2v) is 8.21. The monoisotopic (exact) mass is 455 g/mol. The van der Waals surface area contributed by atoms with Crippen LogP contribution in [0.1, 0.15) is 16.7 Å². The van der Waals surface area contributed by atoms with E-state index in [2.05, 4.69) is 14.8 Å². The third-order valence-electron chi connectivity index (χ3n) is 5.96. The predicted octanol–water partition coefficient (Wildman–Crippen LogP) is 5.66. The number of hydrogen-bond acceptors (Lipinski definition) is 2. The largest absolute Gasteiger partial charge is 0.416 e. The third-order valence-corrected chi connectivity index (χ3v) is 5.96. The first-order chi connectivity index (χ1) is 15.0. The minimum absolute atomic E-state index is 0.114. The van der Waals surface area contributed by atoms with E-state index in [9.17, 15) is 26.3 Å². The van der Waals surface area contributed by atoms with Gasteiger partial charge in [0.15, 0.2) is 0 Å². The number of aromatic nitrogens is 1. The van der Waals surface area contributed by atoms with E-state index in [0.717, 1.165) is 49.3 Å². The molecule has 1 N–H and O–H groups in total. The van der Waals surface area contributed by atoms with Crippen LogP contribution in [-0.2, 0) is 18.8 Å². The van der Waals surface area contributed by atoms with Crippen molar-refractivity contribution in [3.8, 4) is 11.3 Å². The number of piperazine rings is 1. The molecule has 3 aromatic rings. The molecule has 0 spiro atoms. The van der Waals surface area contributed by atoms with E-state index in [1.165, 1.54) is 0 Å². The van der Waals surface area contributed by atoms with Gasteiger partial charge in [0, 0.05) is 49.3 Å². The topological polar surface area (TPSA) is 22.3 Å². The zero-order valence-corrected chi connectivity index (χ0v) is 17.4. The molecule has 1 fully saturated rings. The van der Waals surface area contributed by atoms with Crippen molar-refractivity contribution in [2.24, 2.45) is 0 Å². The average Bonchev–Trinajstić information content (AvgIpc) is 3.10. The maximum atomic E-state index is 13.4. The minimum atomic E-state index is -4.89. The molecule has 1 aromatic heterocycles. The summed E-state index contributed by atoms with van der Waals surface area (Å²) in [6.07, 6.45) is -9.26. The fraction of sp³-hybridized carbons (Fsp3) is 0.391. The van der Waals surface area contributed by atoms with Gasteiger partial charge < -0.3 is 14.8 Å². The number of nitrogens with one attached hydrogen (secondary N) is 1. The fourth-order valence-corrected chi connectivity index (χ4v) is 4.15. The molecule has 2 aromatic carbocycles. The molecular weight excluding hydrogens is 432 g/mol. The molecule has 4 rings (SSSR count).